The number of rotatable bonds is 0. The molecule has 1 nitrogen and oxygen atoms in total. The predicted molar refractivity (Wildman–Crippen MR) is 59.6 cm³/mol. The molecule has 1 rings (SSSR count). The van der Waals surface area contributed by atoms with Crippen molar-refractivity contribution in [2.75, 3.05) is 5.73 Å². The standard InChI is InChI=1S/C11H13ClF3N/c1-10(2,3)8-6(12)4-5-7(16)9(8)11(13,14)15/h4-5H,16H2,1-3H3. The van der Waals surface area contributed by atoms with Gasteiger partial charge in [0.1, 0.15) is 0 Å². The minimum absolute atomic E-state index is 0.0432. The van der Waals surface area contributed by atoms with E-state index in [-0.39, 0.29) is 16.3 Å². The normalized spacial score (nSPS) is 12.9. The largest absolute Gasteiger partial charge is 0.418 e. The first kappa shape index (κ1) is 13.2. The summed E-state index contributed by atoms with van der Waals surface area (Å²) in [6.07, 6.45) is -4.49. The van der Waals surface area contributed by atoms with E-state index in [1.165, 1.54) is 12.1 Å². The van der Waals surface area contributed by atoms with Crippen LogP contribution in [0.5, 0.6) is 0 Å². The Kier molecular flexibility index (Phi) is 3.16. The van der Waals surface area contributed by atoms with Crippen molar-refractivity contribution >= 4 is 17.3 Å². The van der Waals surface area contributed by atoms with Gasteiger partial charge in [-0.15, -0.1) is 0 Å². The highest BCUT2D eigenvalue weighted by atomic mass is 35.5. The number of halogens is 4. The highest BCUT2D eigenvalue weighted by molar-refractivity contribution is 6.31. The van der Waals surface area contributed by atoms with Gasteiger partial charge in [-0.05, 0) is 23.1 Å². The molecule has 0 amide bonds. The lowest BCUT2D eigenvalue weighted by atomic mass is 9.83. The molecule has 90 valence electrons. The molecule has 16 heavy (non-hydrogen) atoms. The fourth-order valence-electron chi connectivity index (χ4n) is 1.63. The highest BCUT2D eigenvalue weighted by Gasteiger charge is 2.39. The van der Waals surface area contributed by atoms with Gasteiger partial charge < -0.3 is 5.73 Å². The van der Waals surface area contributed by atoms with Gasteiger partial charge in [-0.2, -0.15) is 13.2 Å². The van der Waals surface area contributed by atoms with E-state index < -0.39 is 17.2 Å². The maximum atomic E-state index is 12.9. The third-order valence-corrected chi connectivity index (χ3v) is 2.54. The lowest BCUT2D eigenvalue weighted by Gasteiger charge is -2.26. The van der Waals surface area contributed by atoms with Crippen molar-refractivity contribution in [3.63, 3.8) is 0 Å². The van der Waals surface area contributed by atoms with Gasteiger partial charge in [0.05, 0.1) is 5.56 Å². The minimum Gasteiger partial charge on any atom is -0.398 e. The molecule has 0 heterocycles. The zero-order chi connectivity index (χ0) is 12.7. The van der Waals surface area contributed by atoms with Crippen molar-refractivity contribution in [3.8, 4) is 0 Å². The summed E-state index contributed by atoms with van der Waals surface area (Å²) in [5, 5.41) is 0.0917. The summed E-state index contributed by atoms with van der Waals surface area (Å²) in [4.78, 5) is 0. The number of hydrogen-bond donors (Lipinski definition) is 1. The SMILES string of the molecule is CC(C)(C)c1c(Cl)ccc(N)c1C(F)(F)F. The topological polar surface area (TPSA) is 26.0 Å². The van der Waals surface area contributed by atoms with E-state index in [4.69, 9.17) is 17.3 Å². The summed E-state index contributed by atoms with van der Waals surface area (Å²) >= 11 is 5.84. The van der Waals surface area contributed by atoms with E-state index in [9.17, 15) is 13.2 Å². The summed E-state index contributed by atoms with van der Waals surface area (Å²) in [7, 11) is 0. The molecule has 0 aliphatic rings. The van der Waals surface area contributed by atoms with Crippen LogP contribution in [0, 0.1) is 0 Å². The zero-order valence-corrected chi connectivity index (χ0v) is 10.00. The smallest absolute Gasteiger partial charge is 0.398 e. The van der Waals surface area contributed by atoms with E-state index in [1.807, 2.05) is 0 Å². The van der Waals surface area contributed by atoms with Gasteiger partial charge in [0.2, 0.25) is 0 Å². The number of alkyl halides is 3. The van der Waals surface area contributed by atoms with E-state index in [1.54, 1.807) is 20.8 Å². The molecule has 0 atom stereocenters. The van der Waals surface area contributed by atoms with Gasteiger partial charge in [0.15, 0.2) is 0 Å². The summed E-state index contributed by atoms with van der Waals surface area (Å²) in [5.41, 5.74) is 3.61. The van der Waals surface area contributed by atoms with Crippen LogP contribution in [0.25, 0.3) is 0 Å². The predicted octanol–water partition coefficient (Wildman–Crippen LogP) is 4.24. The van der Waals surface area contributed by atoms with Crippen molar-refractivity contribution in [1.29, 1.82) is 0 Å². The van der Waals surface area contributed by atoms with Crippen molar-refractivity contribution in [2.24, 2.45) is 0 Å². The molecular formula is C11H13ClF3N. The van der Waals surface area contributed by atoms with Crippen LogP contribution < -0.4 is 5.73 Å². The van der Waals surface area contributed by atoms with Crippen LogP contribution in [0.4, 0.5) is 18.9 Å². The molecule has 1 aromatic rings. The second kappa shape index (κ2) is 3.84. The lowest BCUT2D eigenvalue weighted by molar-refractivity contribution is -0.138. The molecule has 0 saturated heterocycles. The van der Waals surface area contributed by atoms with Crippen molar-refractivity contribution in [2.45, 2.75) is 32.4 Å². The Bertz CT molecular complexity index is 366. The number of hydrogen-bond acceptors (Lipinski definition) is 1. The maximum Gasteiger partial charge on any atom is 0.418 e. The first-order valence-electron chi connectivity index (χ1n) is 4.71. The summed E-state index contributed by atoms with van der Waals surface area (Å²) in [5.74, 6) is 0. The van der Waals surface area contributed by atoms with E-state index in [0.717, 1.165) is 0 Å². The molecule has 0 unspecified atom stereocenters. The minimum atomic E-state index is -4.49. The van der Waals surface area contributed by atoms with Crippen molar-refractivity contribution in [3.05, 3.63) is 28.3 Å². The van der Waals surface area contributed by atoms with Crippen LogP contribution in [-0.2, 0) is 11.6 Å². The van der Waals surface area contributed by atoms with Crippen LogP contribution in [0.2, 0.25) is 5.02 Å². The third kappa shape index (κ3) is 2.43. The van der Waals surface area contributed by atoms with Crippen LogP contribution >= 0.6 is 11.6 Å². The molecule has 0 aromatic heterocycles. The van der Waals surface area contributed by atoms with Crippen LogP contribution in [0.3, 0.4) is 0 Å². The Balaban J connectivity index is 3.64. The molecule has 5 heteroatoms. The van der Waals surface area contributed by atoms with Gasteiger partial charge in [-0.1, -0.05) is 32.4 Å². The quantitative estimate of drug-likeness (QED) is 0.686. The molecule has 0 spiro atoms. The number of anilines is 1. The zero-order valence-electron chi connectivity index (χ0n) is 9.24. The fraction of sp³-hybridized carbons (Fsp3) is 0.455. The van der Waals surface area contributed by atoms with Gasteiger partial charge in [-0.3, -0.25) is 0 Å². The molecule has 0 bridgehead atoms. The number of nitrogens with two attached hydrogens (primary N) is 1. The molecule has 0 radical (unpaired) electrons. The molecule has 2 N–H and O–H groups in total. The monoisotopic (exact) mass is 251 g/mol. The molecule has 0 saturated carbocycles. The van der Waals surface area contributed by atoms with Gasteiger partial charge in [0, 0.05) is 10.7 Å². The maximum absolute atomic E-state index is 12.9. The average Bonchev–Trinajstić information content (AvgIpc) is 2.04. The fourth-order valence-corrected chi connectivity index (χ4v) is 2.07. The molecule has 1 aromatic carbocycles. The Morgan fingerprint density at radius 2 is 1.56 bits per heavy atom. The van der Waals surface area contributed by atoms with Crippen LogP contribution in [0.1, 0.15) is 31.9 Å². The molecule has 0 aliphatic carbocycles. The highest BCUT2D eigenvalue weighted by Crippen LogP contribution is 2.43. The Morgan fingerprint density at radius 1 is 1.06 bits per heavy atom. The third-order valence-electron chi connectivity index (χ3n) is 2.22. The summed E-state index contributed by atoms with van der Waals surface area (Å²) in [6.45, 7) is 5.01. The lowest BCUT2D eigenvalue weighted by Crippen LogP contribution is -2.21. The second-order valence-electron chi connectivity index (χ2n) is 4.63. The summed E-state index contributed by atoms with van der Waals surface area (Å²) in [6, 6.07) is 2.58. The molecule has 0 fully saturated rings. The van der Waals surface area contributed by atoms with Gasteiger partial charge >= 0.3 is 6.18 Å². The van der Waals surface area contributed by atoms with Crippen LogP contribution in [-0.4, -0.2) is 0 Å². The van der Waals surface area contributed by atoms with Crippen molar-refractivity contribution < 1.29 is 13.2 Å². The van der Waals surface area contributed by atoms with E-state index in [2.05, 4.69) is 0 Å². The Morgan fingerprint density at radius 3 is 1.88 bits per heavy atom. The first-order valence-corrected chi connectivity index (χ1v) is 5.08. The number of benzene rings is 1. The summed E-state index contributed by atoms with van der Waals surface area (Å²) < 4.78 is 38.6. The second-order valence-corrected chi connectivity index (χ2v) is 5.04. The Labute approximate surface area is 97.4 Å². The van der Waals surface area contributed by atoms with E-state index >= 15 is 0 Å². The molecular weight excluding hydrogens is 239 g/mol. The van der Waals surface area contributed by atoms with Crippen LogP contribution in [0.15, 0.2) is 12.1 Å². The van der Waals surface area contributed by atoms with Gasteiger partial charge in [0.25, 0.3) is 0 Å². The Hall–Kier alpha value is -0.900. The molecule has 0 aliphatic heterocycles. The van der Waals surface area contributed by atoms with E-state index in [0.29, 0.717) is 0 Å². The average molecular weight is 252 g/mol. The number of nitrogen functional groups attached to an aromatic ring is 1. The van der Waals surface area contributed by atoms with Gasteiger partial charge in [-0.25, -0.2) is 0 Å². The van der Waals surface area contributed by atoms with Crippen molar-refractivity contribution in [1.82, 2.24) is 0 Å². The first-order chi connectivity index (χ1) is 7.05.